The number of thiophene rings is 1. The lowest BCUT2D eigenvalue weighted by Crippen LogP contribution is -1.81. The molecule has 62 valence electrons. The van der Waals surface area contributed by atoms with Gasteiger partial charge in [-0.25, -0.2) is 0 Å². The number of hydrogen-bond donors (Lipinski definition) is 0. The minimum absolute atomic E-state index is 0.421. The maximum absolute atomic E-state index is 8.35. The molecule has 2 nitrogen and oxygen atoms in total. The summed E-state index contributed by atoms with van der Waals surface area (Å²) in [5, 5.41) is 10.6. The Labute approximate surface area is 79.7 Å². The van der Waals surface area contributed by atoms with Crippen molar-refractivity contribution in [2.24, 2.45) is 0 Å². The van der Waals surface area contributed by atoms with Crippen LogP contribution in [0.5, 0.6) is 5.75 Å². The van der Waals surface area contributed by atoms with E-state index < -0.39 is 0 Å². The molecule has 0 aromatic carbocycles. The zero-order chi connectivity index (χ0) is 8.97. The van der Waals surface area contributed by atoms with Crippen molar-refractivity contribution in [3.8, 4) is 11.8 Å². The Balaban J connectivity index is 3.03. The molecule has 0 fully saturated rings. The third-order valence-electron chi connectivity index (χ3n) is 1.26. The fourth-order valence-electron chi connectivity index (χ4n) is 0.755. The molecule has 1 rings (SSSR count). The number of allylic oxidation sites excluding steroid dienone is 1. The lowest BCUT2D eigenvalue weighted by molar-refractivity contribution is 0.416. The molecule has 0 amide bonds. The highest BCUT2D eigenvalue weighted by atomic mass is 35.5. The van der Waals surface area contributed by atoms with E-state index in [1.54, 1.807) is 7.11 Å². The van der Waals surface area contributed by atoms with Gasteiger partial charge in [0.2, 0.25) is 0 Å². The van der Waals surface area contributed by atoms with Gasteiger partial charge in [-0.3, -0.25) is 0 Å². The molecule has 0 aliphatic rings. The molecule has 0 saturated carbocycles. The number of ether oxygens (including phenoxy) is 1. The van der Waals surface area contributed by atoms with Crippen molar-refractivity contribution < 1.29 is 4.74 Å². The summed E-state index contributed by atoms with van der Waals surface area (Å²) in [5.74, 6) is 0.705. The molecule has 0 bridgehead atoms. The van der Waals surface area contributed by atoms with Gasteiger partial charge in [0, 0.05) is 6.08 Å². The zero-order valence-corrected chi connectivity index (χ0v) is 7.95. The largest absolute Gasteiger partial charge is 0.495 e. The Bertz CT molecular complexity index is 337. The Kier molecular flexibility index (Phi) is 3.15. The molecule has 0 atom stereocenters. The molecule has 1 aromatic rings. The summed E-state index contributed by atoms with van der Waals surface area (Å²) in [5.41, 5.74) is 0. The Morgan fingerprint density at radius 2 is 2.58 bits per heavy atom. The Hall–Kier alpha value is -0.980. The van der Waals surface area contributed by atoms with Crippen LogP contribution in [0.1, 0.15) is 4.88 Å². The van der Waals surface area contributed by atoms with E-state index in [2.05, 4.69) is 0 Å². The zero-order valence-electron chi connectivity index (χ0n) is 6.37. The summed E-state index contributed by atoms with van der Waals surface area (Å²) in [6.45, 7) is 0. The van der Waals surface area contributed by atoms with Crippen LogP contribution < -0.4 is 4.74 Å². The second-order valence-electron chi connectivity index (χ2n) is 1.94. The molecule has 0 aliphatic carbocycles. The molecule has 1 heterocycles. The van der Waals surface area contributed by atoms with E-state index in [1.807, 2.05) is 17.5 Å². The van der Waals surface area contributed by atoms with Crippen LogP contribution in [0.4, 0.5) is 0 Å². The van der Waals surface area contributed by atoms with Crippen molar-refractivity contribution in [1.82, 2.24) is 0 Å². The van der Waals surface area contributed by atoms with Crippen LogP contribution in [0.25, 0.3) is 5.03 Å². The normalized spacial score (nSPS) is 10.9. The number of methoxy groups -OCH3 is 1. The number of nitriles is 1. The van der Waals surface area contributed by atoms with Gasteiger partial charge in [-0.2, -0.15) is 5.26 Å². The van der Waals surface area contributed by atoms with Gasteiger partial charge in [0.1, 0.15) is 5.75 Å². The van der Waals surface area contributed by atoms with Crippen LogP contribution in [-0.2, 0) is 0 Å². The highest BCUT2D eigenvalue weighted by Gasteiger charge is 2.06. The van der Waals surface area contributed by atoms with Crippen LogP contribution in [0, 0.1) is 11.3 Å². The van der Waals surface area contributed by atoms with Crippen LogP contribution in [0.3, 0.4) is 0 Å². The van der Waals surface area contributed by atoms with E-state index in [0.717, 1.165) is 4.88 Å². The van der Waals surface area contributed by atoms with Gasteiger partial charge < -0.3 is 4.74 Å². The summed E-state index contributed by atoms with van der Waals surface area (Å²) in [6.07, 6.45) is 1.29. The lowest BCUT2D eigenvalue weighted by atomic mass is 10.4. The van der Waals surface area contributed by atoms with E-state index in [9.17, 15) is 0 Å². The first-order valence-corrected chi connectivity index (χ1v) is 4.42. The minimum Gasteiger partial charge on any atom is -0.495 e. The molecule has 12 heavy (non-hydrogen) atoms. The average molecular weight is 200 g/mol. The van der Waals surface area contributed by atoms with Crippen molar-refractivity contribution in [3.05, 3.63) is 22.4 Å². The maximum Gasteiger partial charge on any atom is 0.138 e. The predicted molar refractivity (Wildman–Crippen MR) is 50.3 cm³/mol. The third-order valence-corrected chi connectivity index (χ3v) is 2.60. The molecule has 0 radical (unpaired) electrons. The SMILES string of the molecule is COc1ccsc1/C(Cl)=C/C#N. The smallest absolute Gasteiger partial charge is 0.138 e. The average Bonchev–Trinajstić information content (AvgIpc) is 2.51. The van der Waals surface area contributed by atoms with Crippen molar-refractivity contribution in [3.63, 3.8) is 0 Å². The molecule has 0 saturated heterocycles. The highest BCUT2D eigenvalue weighted by molar-refractivity contribution is 7.12. The van der Waals surface area contributed by atoms with Gasteiger partial charge >= 0.3 is 0 Å². The Morgan fingerprint density at radius 3 is 3.17 bits per heavy atom. The second kappa shape index (κ2) is 4.15. The van der Waals surface area contributed by atoms with E-state index in [-0.39, 0.29) is 0 Å². The quantitative estimate of drug-likeness (QED) is 0.687. The minimum atomic E-state index is 0.421. The topological polar surface area (TPSA) is 33.0 Å². The number of rotatable bonds is 2. The van der Waals surface area contributed by atoms with Crippen molar-refractivity contribution in [1.29, 1.82) is 5.26 Å². The van der Waals surface area contributed by atoms with Crippen LogP contribution in [-0.4, -0.2) is 7.11 Å². The molecular formula is C8H6ClNOS. The second-order valence-corrected chi connectivity index (χ2v) is 3.26. The molecule has 0 unspecified atom stereocenters. The summed E-state index contributed by atoms with van der Waals surface area (Å²) in [6, 6.07) is 3.68. The first-order valence-electron chi connectivity index (χ1n) is 3.16. The predicted octanol–water partition coefficient (Wildman–Crippen LogP) is 2.86. The van der Waals surface area contributed by atoms with Gasteiger partial charge in [0.25, 0.3) is 0 Å². The highest BCUT2D eigenvalue weighted by Crippen LogP contribution is 2.33. The lowest BCUT2D eigenvalue weighted by Gasteiger charge is -1.98. The summed E-state index contributed by atoms with van der Waals surface area (Å²) in [4.78, 5) is 0.792. The molecule has 0 spiro atoms. The summed E-state index contributed by atoms with van der Waals surface area (Å²) < 4.78 is 5.03. The summed E-state index contributed by atoms with van der Waals surface area (Å²) in [7, 11) is 1.57. The molecule has 0 aliphatic heterocycles. The molecule has 0 N–H and O–H groups in total. The van der Waals surface area contributed by atoms with Gasteiger partial charge in [-0.1, -0.05) is 11.6 Å². The van der Waals surface area contributed by atoms with Gasteiger partial charge in [-0.05, 0) is 11.4 Å². The molecular weight excluding hydrogens is 194 g/mol. The van der Waals surface area contributed by atoms with E-state index in [0.29, 0.717) is 10.8 Å². The Morgan fingerprint density at radius 1 is 1.83 bits per heavy atom. The van der Waals surface area contributed by atoms with Crippen molar-refractivity contribution in [2.45, 2.75) is 0 Å². The number of hydrogen-bond acceptors (Lipinski definition) is 3. The van der Waals surface area contributed by atoms with E-state index >= 15 is 0 Å². The monoisotopic (exact) mass is 199 g/mol. The van der Waals surface area contributed by atoms with E-state index in [4.69, 9.17) is 21.6 Å². The van der Waals surface area contributed by atoms with Crippen LogP contribution in [0.2, 0.25) is 0 Å². The number of nitrogens with zero attached hydrogens (tertiary/aromatic N) is 1. The first kappa shape index (κ1) is 9.11. The van der Waals surface area contributed by atoms with Crippen LogP contribution in [0.15, 0.2) is 17.5 Å². The van der Waals surface area contributed by atoms with Crippen molar-refractivity contribution >= 4 is 28.0 Å². The summed E-state index contributed by atoms with van der Waals surface area (Å²) >= 11 is 7.25. The van der Waals surface area contributed by atoms with Gasteiger partial charge in [-0.15, -0.1) is 11.3 Å². The third kappa shape index (κ3) is 1.79. The number of halogens is 1. The maximum atomic E-state index is 8.35. The molecule has 4 heteroatoms. The fourth-order valence-corrected chi connectivity index (χ4v) is 1.80. The van der Waals surface area contributed by atoms with Crippen molar-refractivity contribution in [2.75, 3.05) is 7.11 Å². The standard InChI is InChI=1S/C8H6ClNOS/c1-11-7-3-5-12-8(7)6(9)2-4-10/h2-3,5H,1H3/b6-2-. The van der Waals surface area contributed by atoms with Gasteiger partial charge in [0.05, 0.1) is 23.1 Å². The fraction of sp³-hybridized carbons (Fsp3) is 0.125. The first-order chi connectivity index (χ1) is 5.79. The van der Waals surface area contributed by atoms with Crippen LogP contribution >= 0.6 is 22.9 Å². The van der Waals surface area contributed by atoms with E-state index in [1.165, 1.54) is 17.4 Å². The molecule has 1 aromatic heterocycles. The van der Waals surface area contributed by atoms with Gasteiger partial charge in [0.15, 0.2) is 0 Å².